The van der Waals surface area contributed by atoms with Crippen molar-refractivity contribution in [1.82, 2.24) is 4.57 Å². The van der Waals surface area contributed by atoms with Crippen molar-refractivity contribution in [2.24, 2.45) is 10.7 Å². The number of carbonyl (C=O) groups excluding carboxylic acids is 1. The van der Waals surface area contributed by atoms with Gasteiger partial charge in [0.25, 0.3) is 5.91 Å². The summed E-state index contributed by atoms with van der Waals surface area (Å²) < 4.78 is 2.22. The molecule has 1 fully saturated rings. The molecule has 0 atom stereocenters. The number of rotatable bonds is 4. The molecule has 5 nitrogen and oxygen atoms in total. The minimum atomic E-state index is -0.637. The van der Waals surface area contributed by atoms with Crippen LogP contribution in [0.3, 0.4) is 0 Å². The molecular weight excluding hydrogens is 334 g/mol. The minimum absolute atomic E-state index is 0.0985. The molecule has 1 aliphatic carbocycles. The lowest BCUT2D eigenvalue weighted by Gasteiger charge is -2.09. The fraction of sp³-hybridized carbons (Fsp3) is 0.158. The van der Waals surface area contributed by atoms with Gasteiger partial charge in [0.05, 0.1) is 16.9 Å². The van der Waals surface area contributed by atoms with Crippen LogP contribution in [-0.4, -0.2) is 15.6 Å². The van der Waals surface area contributed by atoms with Gasteiger partial charge in [-0.1, -0.05) is 18.2 Å². The summed E-state index contributed by atoms with van der Waals surface area (Å²) in [5.74, 6) is -0.736. The van der Waals surface area contributed by atoms with Crippen molar-refractivity contribution in [2.75, 3.05) is 0 Å². The first-order chi connectivity index (χ1) is 12.1. The van der Waals surface area contributed by atoms with E-state index in [0.717, 1.165) is 34.6 Å². The molecule has 0 aliphatic heterocycles. The van der Waals surface area contributed by atoms with Crippen LogP contribution in [0.2, 0.25) is 0 Å². The summed E-state index contributed by atoms with van der Waals surface area (Å²) in [5, 5.41) is 11.9. The van der Waals surface area contributed by atoms with Gasteiger partial charge in [-0.3, -0.25) is 4.79 Å². The Balaban J connectivity index is 1.86. The van der Waals surface area contributed by atoms with E-state index in [4.69, 9.17) is 10.7 Å². The summed E-state index contributed by atoms with van der Waals surface area (Å²) in [6.07, 6.45) is 2.24. The smallest absolute Gasteiger partial charge is 0.252 e. The summed E-state index contributed by atoms with van der Waals surface area (Å²) in [6, 6.07) is 15.2. The largest absolute Gasteiger partial charge is 0.507 e. The van der Waals surface area contributed by atoms with Gasteiger partial charge < -0.3 is 15.4 Å². The van der Waals surface area contributed by atoms with E-state index < -0.39 is 5.91 Å². The van der Waals surface area contributed by atoms with Crippen molar-refractivity contribution in [1.29, 1.82) is 0 Å². The number of aromatic hydroxyl groups is 1. The number of para-hydroxylation sites is 1. The molecule has 1 aliphatic rings. The van der Waals surface area contributed by atoms with E-state index in [1.165, 1.54) is 6.07 Å². The van der Waals surface area contributed by atoms with Crippen molar-refractivity contribution in [3.63, 3.8) is 0 Å². The molecule has 0 bridgehead atoms. The average molecular weight is 351 g/mol. The SMILES string of the molecule is NC(=O)c1cc(-c2csc(=Nc3ccccc3)n2C2CC2)ccc1O. The molecule has 1 amide bonds. The van der Waals surface area contributed by atoms with Crippen LogP contribution in [-0.2, 0) is 0 Å². The predicted molar refractivity (Wildman–Crippen MR) is 97.9 cm³/mol. The maximum absolute atomic E-state index is 11.5. The number of thiazole rings is 1. The highest BCUT2D eigenvalue weighted by atomic mass is 32.1. The fourth-order valence-electron chi connectivity index (χ4n) is 2.80. The number of hydrogen-bond donors (Lipinski definition) is 2. The zero-order valence-electron chi connectivity index (χ0n) is 13.4. The maximum atomic E-state index is 11.5. The molecule has 1 aromatic heterocycles. The van der Waals surface area contributed by atoms with Gasteiger partial charge in [-0.2, -0.15) is 0 Å². The standard InChI is InChI=1S/C19H17N3O2S/c20-18(24)15-10-12(6-9-17(15)23)16-11-25-19(22(16)14-7-8-14)21-13-4-2-1-3-5-13/h1-6,9-11,14,23H,7-8H2,(H2,20,24). The van der Waals surface area contributed by atoms with Gasteiger partial charge in [-0.25, -0.2) is 4.99 Å². The van der Waals surface area contributed by atoms with Crippen molar-refractivity contribution in [3.8, 4) is 17.0 Å². The summed E-state index contributed by atoms with van der Waals surface area (Å²) >= 11 is 1.57. The number of phenols is 1. The molecule has 0 saturated heterocycles. The Kier molecular flexibility index (Phi) is 3.89. The Morgan fingerprint density at radius 1 is 1.20 bits per heavy atom. The highest BCUT2D eigenvalue weighted by molar-refractivity contribution is 7.07. The molecule has 2 aromatic carbocycles. The van der Waals surface area contributed by atoms with Gasteiger partial charge in [0, 0.05) is 17.0 Å². The van der Waals surface area contributed by atoms with Gasteiger partial charge in [0.2, 0.25) is 0 Å². The second-order valence-electron chi connectivity index (χ2n) is 6.05. The van der Waals surface area contributed by atoms with Crippen LogP contribution in [0.4, 0.5) is 5.69 Å². The molecule has 0 unspecified atom stereocenters. The molecule has 1 saturated carbocycles. The number of primary amides is 1. The molecule has 126 valence electrons. The van der Waals surface area contributed by atoms with E-state index in [2.05, 4.69) is 4.57 Å². The van der Waals surface area contributed by atoms with Crippen LogP contribution >= 0.6 is 11.3 Å². The highest BCUT2D eigenvalue weighted by Gasteiger charge is 2.27. The predicted octanol–water partition coefficient (Wildman–Crippen LogP) is 3.59. The first-order valence-electron chi connectivity index (χ1n) is 8.06. The van der Waals surface area contributed by atoms with Crippen molar-refractivity contribution < 1.29 is 9.90 Å². The van der Waals surface area contributed by atoms with Crippen LogP contribution in [0.15, 0.2) is 58.9 Å². The minimum Gasteiger partial charge on any atom is -0.507 e. The second kappa shape index (κ2) is 6.22. The van der Waals surface area contributed by atoms with Crippen molar-refractivity contribution in [2.45, 2.75) is 18.9 Å². The van der Waals surface area contributed by atoms with Gasteiger partial charge in [0.1, 0.15) is 5.75 Å². The van der Waals surface area contributed by atoms with Crippen molar-refractivity contribution in [3.05, 3.63) is 64.3 Å². The Labute approximate surface area is 148 Å². The molecule has 0 radical (unpaired) electrons. The maximum Gasteiger partial charge on any atom is 0.252 e. The molecule has 3 aromatic rings. The Morgan fingerprint density at radius 2 is 1.96 bits per heavy atom. The summed E-state index contributed by atoms with van der Waals surface area (Å²) in [7, 11) is 0. The molecule has 0 spiro atoms. The molecule has 1 heterocycles. The fourth-order valence-corrected chi connectivity index (χ4v) is 3.79. The lowest BCUT2D eigenvalue weighted by atomic mass is 10.1. The number of hydrogen-bond acceptors (Lipinski definition) is 4. The average Bonchev–Trinajstić information content (AvgIpc) is 3.37. The van der Waals surface area contributed by atoms with E-state index in [1.54, 1.807) is 23.5 Å². The number of amides is 1. The number of nitrogens with two attached hydrogens (primary N) is 1. The van der Waals surface area contributed by atoms with E-state index in [1.807, 2.05) is 35.7 Å². The zero-order valence-corrected chi connectivity index (χ0v) is 14.2. The van der Waals surface area contributed by atoms with Crippen LogP contribution in [0.25, 0.3) is 11.3 Å². The van der Waals surface area contributed by atoms with E-state index in [-0.39, 0.29) is 11.3 Å². The van der Waals surface area contributed by atoms with Crippen LogP contribution in [0, 0.1) is 0 Å². The normalized spacial score (nSPS) is 14.6. The van der Waals surface area contributed by atoms with Gasteiger partial charge in [0.15, 0.2) is 4.80 Å². The molecular formula is C19H17N3O2S. The van der Waals surface area contributed by atoms with E-state index >= 15 is 0 Å². The third-order valence-corrected chi connectivity index (χ3v) is 5.03. The topological polar surface area (TPSA) is 80.6 Å². The number of benzene rings is 2. The molecule has 6 heteroatoms. The summed E-state index contributed by atoms with van der Waals surface area (Å²) in [4.78, 5) is 17.2. The second-order valence-corrected chi connectivity index (χ2v) is 6.88. The van der Waals surface area contributed by atoms with Crippen LogP contribution in [0.5, 0.6) is 5.75 Å². The van der Waals surface area contributed by atoms with Crippen LogP contribution in [0.1, 0.15) is 29.2 Å². The monoisotopic (exact) mass is 351 g/mol. The van der Waals surface area contributed by atoms with E-state index in [9.17, 15) is 9.90 Å². The number of aromatic nitrogens is 1. The number of carbonyl (C=O) groups is 1. The Morgan fingerprint density at radius 3 is 2.64 bits per heavy atom. The summed E-state index contributed by atoms with van der Waals surface area (Å²) in [6.45, 7) is 0. The van der Waals surface area contributed by atoms with Gasteiger partial charge in [-0.05, 0) is 43.2 Å². The molecule has 4 rings (SSSR count). The van der Waals surface area contributed by atoms with Gasteiger partial charge >= 0.3 is 0 Å². The van der Waals surface area contributed by atoms with Gasteiger partial charge in [-0.15, -0.1) is 11.3 Å². The first-order valence-corrected chi connectivity index (χ1v) is 8.94. The van der Waals surface area contributed by atoms with E-state index in [0.29, 0.717) is 6.04 Å². The highest BCUT2D eigenvalue weighted by Crippen LogP contribution is 2.38. The Hall–Kier alpha value is -2.86. The number of nitrogens with zero attached hydrogens (tertiary/aromatic N) is 2. The molecule has 25 heavy (non-hydrogen) atoms. The zero-order chi connectivity index (χ0) is 17.4. The lowest BCUT2D eigenvalue weighted by molar-refractivity contribution is 0.0998. The third kappa shape index (κ3) is 3.08. The van der Waals surface area contributed by atoms with Crippen molar-refractivity contribution >= 4 is 22.9 Å². The van der Waals surface area contributed by atoms with Crippen LogP contribution < -0.4 is 10.5 Å². The Bertz CT molecular complexity index is 1000. The quantitative estimate of drug-likeness (QED) is 0.753. The molecule has 3 N–H and O–H groups in total. The summed E-state index contributed by atoms with van der Waals surface area (Å²) in [5.41, 5.74) is 8.24. The lowest BCUT2D eigenvalue weighted by Crippen LogP contribution is -2.15. The third-order valence-electron chi connectivity index (χ3n) is 4.19. The first kappa shape index (κ1) is 15.7.